The fourth-order valence-corrected chi connectivity index (χ4v) is 2.32. The maximum atomic E-state index is 11.7. The Morgan fingerprint density at radius 2 is 2.29 bits per heavy atom. The molecule has 1 amide bonds. The number of nitrogens with two attached hydrogens (primary N) is 1. The van der Waals surface area contributed by atoms with Crippen LogP contribution in [0.4, 0.5) is 5.82 Å². The number of hydrogen-bond acceptors (Lipinski definition) is 4. The first-order valence-corrected chi connectivity index (χ1v) is 6.17. The SMILES string of the molecule is CCc1ccc(CNC(=O)c2cc(N)n[nH]2)s1. The number of aromatic nitrogens is 2. The zero-order valence-corrected chi connectivity index (χ0v) is 10.3. The van der Waals surface area contributed by atoms with E-state index in [1.807, 2.05) is 6.07 Å². The first-order chi connectivity index (χ1) is 8.19. The highest BCUT2D eigenvalue weighted by molar-refractivity contribution is 7.11. The van der Waals surface area contributed by atoms with E-state index in [2.05, 4.69) is 28.5 Å². The smallest absolute Gasteiger partial charge is 0.269 e. The maximum Gasteiger partial charge on any atom is 0.269 e. The van der Waals surface area contributed by atoms with E-state index in [4.69, 9.17) is 5.73 Å². The predicted octanol–water partition coefficient (Wildman–Crippen LogP) is 1.55. The molecule has 0 saturated heterocycles. The Hall–Kier alpha value is -1.82. The molecule has 0 aromatic carbocycles. The molecule has 0 unspecified atom stereocenters. The molecule has 90 valence electrons. The van der Waals surface area contributed by atoms with Crippen molar-refractivity contribution in [3.05, 3.63) is 33.6 Å². The second-order valence-corrected chi connectivity index (χ2v) is 4.86. The third-order valence-corrected chi connectivity index (χ3v) is 3.56. The van der Waals surface area contributed by atoms with Crippen LogP contribution < -0.4 is 11.1 Å². The average molecular weight is 250 g/mol. The quantitative estimate of drug-likeness (QED) is 0.769. The van der Waals surface area contributed by atoms with E-state index in [1.165, 1.54) is 10.9 Å². The summed E-state index contributed by atoms with van der Waals surface area (Å²) in [7, 11) is 0. The van der Waals surface area contributed by atoms with Crippen LogP contribution in [0.25, 0.3) is 0 Å². The predicted molar refractivity (Wildman–Crippen MR) is 67.9 cm³/mol. The monoisotopic (exact) mass is 250 g/mol. The third kappa shape index (κ3) is 2.85. The lowest BCUT2D eigenvalue weighted by molar-refractivity contribution is 0.0946. The summed E-state index contributed by atoms with van der Waals surface area (Å²) >= 11 is 1.71. The van der Waals surface area contributed by atoms with E-state index in [-0.39, 0.29) is 5.91 Å². The second kappa shape index (κ2) is 5.01. The maximum absolute atomic E-state index is 11.7. The molecule has 0 saturated carbocycles. The van der Waals surface area contributed by atoms with Crippen molar-refractivity contribution < 1.29 is 4.79 Å². The van der Waals surface area contributed by atoms with E-state index < -0.39 is 0 Å². The summed E-state index contributed by atoms with van der Waals surface area (Å²) in [6, 6.07) is 5.63. The molecule has 2 rings (SSSR count). The van der Waals surface area contributed by atoms with Crippen LogP contribution in [0.2, 0.25) is 0 Å². The van der Waals surface area contributed by atoms with Gasteiger partial charge >= 0.3 is 0 Å². The van der Waals surface area contributed by atoms with E-state index in [0.29, 0.717) is 18.1 Å². The Morgan fingerprint density at radius 3 is 2.88 bits per heavy atom. The molecule has 17 heavy (non-hydrogen) atoms. The molecule has 2 aromatic rings. The number of hydrogen-bond donors (Lipinski definition) is 3. The molecule has 2 heterocycles. The van der Waals surface area contributed by atoms with E-state index in [0.717, 1.165) is 11.3 Å². The van der Waals surface area contributed by atoms with Crippen molar-refractivity contribution in [2.75, 3.05) is 5.73 Å². The van der Waals surface area contributed by atoms with Crippen molar-refractivity contribution >= 4 is 23.1 Å². The Labute approximate surface area is 103 Å². The molecule has 4 N–H and O–H groups in total. The van der Waals surface area contributed by atoms with Gasteiger partial charge in [0.25, 0.3) is 5.91 Å². The van der Waals surface area contributed by atoms with Crippen molar-refractivity contribution in [1.82, 2.24) is 15.5 Å². The molecule has 0 spiro atoms. The highest BCUT2D eigenvalue weighted by Crippen LogP contribution is 2.16. The molecule has 0 bridgehead atoms. The highest BCUT2D eigenvalue weighted by Gasteiger charge is 2.08. The van der Waals surface area contributed by atoms with Gasteiger partial charge < -0.3 is 11.1 Å². The van der Waals surface area contributed by atoms with Gasteiger partial charge in [-0.3, -0.25) is 9.89 Å². The molecule has 0 aliphatic heterocycles. The summed E-state index contributed by atoms with van der Waals surface area (Å²) in [5.41, 5.74) is 5.81. The molecule has 0 radical (unpaired) electrons. The van der Waals surface area contributed by atoms with Gasteiger partial charge in [0.2, 0.25) is 0 Å². The van der Waals surface area contributed by atoms with Gasteiger partial charge in [-0.2, -0.15) is 5.10 Å². The molecule has 0 aliphatic carbocycles. The Morgan fingerprint density at radius 1 is 1.53 bits per heavy atom. The normalized spacial score (nSPS) is 10.4. The number of carbonyl (C=O) groups is 1. The van der Waals surface area contributed by atoms with Crippen LogP contribution in [0.1, 0.15) is 27.2 Å². The van der Waals surface area contributed by atoms with E-state index in [1.54, 1.807) is 11.3 Å². The number of aromatic amines is 1. The standard InChI is InChI=1S/C11H14N4OS/c1-2-7-3-4-8(17-7)6-13-11(16)9-5-10(12)15-14-9/h3-5H,2,6H2,1H3,(H,13,16)(H3,12,14,15). The van der Waals surface area contributed by atoms with Gasteiger partial charge in [0.15, 0.2) is 0 Å². The molecule has 0 aliphatic rings. The summed E-state index contributed by atoms with van der Waals surface area (Å²) in [5, 5.41) is 9.09. The first-order valence-electron chi connectivity index (χ1n) is 5.35. The minimum atomic E-state index is -0.194. The summed E-state index contributed by atoms with van der Waals surface area (Å²) < 4.78 is 0. The molecular formula is C11H14N4OS. The lowest BCUT2D eigenvalue weighted by atomic mass is 10.3. The molecule has 6 heteroatoms. The molecule has 0 fully saturated rings. The van der Waals surface area contributed by atoms with Crippen LogP contribution in [-0.4, -0.2) is 16.1 Å². The fraction of sp³-hybridized carbons (Fsp3) is 0.273. The van der Waals surface area contributed by atoms with Crippen molar-refractivity contribution in [1.29, 1.82) is 0 Å². The number of thiophene rings is 1. The topological polar surface area (TPSA) is 83.8 Å². The zero-order valence-electron chi connectivity index (χ0n) is 9.49. The number of aryl methyl sites for hydroxylation is 1. The van der Waals surface area contributed by atoms with Gasteiger partial charge in [-0.05, 0) is 18.6 Å². The van der Waals surface area contributed by atoms with Crippen LogP contribution in [0.15, 0.2) is 18.2 Å². The van der Waals surface area contributed by atoms with Crippen molar-refractivity contribution in [3.63, 3.8) is 0 Å². The fourth-order valence-electron chi connectivity index (χ4n) is 1.42. The first kappa shape index (κ1) is 11.7. The number of nitrogen functional groups attached to an aromatic ring is 1. The van der Waals surface area contributed by atoms with Gasteiger partial charge in [-0.25, -0.2) is 0 Å². The summed E-state index contributed by atoms with van der Waals surface area (Å²) in [4.78, 5) is 14.1. The number of amides is 1. The molecular weight excluding hydrogens is 236 g/mol. The minimum Gasteiger partial charge on any atom is -0.382 e. The van der Waals surface area contributed by atoms with Crippen LogP contribution >= 0.6 is 11.3 Å². The van der Waals surface area contributed by atoms with Gasteiger partial charge in [0.1, 0.15) is 11.5 Å². The second-order valence-electron chi connectivity index (χ2n) is 3.61. The van der Waals surface area contributed by atoms with Gasteiger partial charge in [0, 0.05) is 15.8 Å². The average Bonchev–Trinajstić information content (AvgIpc) is 2.94. The van der Waals surface area contributed by atoms with Crippen LogP contribution in [-0.2, 0) is 13.0 Å². The van der Waals surface area contributed by atoms with E-state index >= 15 is 0 Å². The van der Waals surface area contributed by atoms with Gasteiger partial charge in [-0.15, -0.1) is 11.3 Å². The van der Waals surface area contributed by atoms with Gasteiger partial charge in [0.05, 0.1) is 6.54 Å². The van der Waals surface area contributed by atoms with Crippen LogP contribution in [0.3, 0.4) is 0 Å². The lowest BCUT2D eigenvalue weighted by Gasteiger charge is -2.00. The molecule has 2 aromatic heterocycles. The Bertz CT molecular complexity index is 517. The Kier molecular flexibility index (Phi) is 3.43. The van der Waals surface area contributed by atoms with Crippen LogP contribution in [0, 0.1) is 0 Å². The minimum absolute atomic E-state index is 0.194. The lowest BCUT2D eigenvalue weighted by Crippen LogP contribution is -2.22. The summed E-state index contributed by atoms with van der Waals surface area (Å²) in [6.45, 7) is 2.64. The molecule has 5 nitrogen and oxygen atoms in total. The number of rotatable bonds is 4. The number of nitrogens with zero attached hydrogens (tertiary/aromatic N) is 1. The van der Waals surface area contributed by atoms with Crippen molar-refractivity contribution in [3.8, 4) is 0 Å². The van der Waals surface area contributed by atoms with Crippen LogP contribution in [0.5, 0.6) is 0 Å². The van der Waals surface area contributed by atoms with Crippen molar-refractivity contribution in [2.45, 2.75) is 19.9 Å². The van der Waals surface area contributed by atoms with Gasteiger partial charge in [-0.1, -0.05) is 6.92 Å². The summed E-state index contributed by atoms with van der Waals surface area (Å²) in [5.74, 6) is 0.125. The Balaban J connectivity index is 1.92. The highest BCUT2D eigenvalue weighted by atomic mass is 32.1. The number of nitrogens with one attached hydrogen (secondary N) is 2. The molecule has 0 atom stereocenters. The number of H-pyrrole nitrogens is 1. The third-order valence-electron chi connectivity index (χ3n) is 2.33. The van der Waals surface area contributed by atoms with E-state index in [9.17, 15) is 4.79 Å². The number of anilines is 1. The van der Waals surface area contributed by atoms with Crippen molar-refractivity contribution in [2.24, 2.45) is 0 Å². The zero-order chi connectivity index (χ0) is 12.3. The largest absolute Gasteiger partial charge is 0.382 e. The summed E-state index contributed by atoms with van der Waals surface area (Å²) in [6.07, 6.45) is 1.02. The number of carbonyl (C=O) groups excluding carboxylic acids is 1.